The van der Waals surface area contributed by atoms with Crippen LogP contribution in [0.25, 0.3) is 10.8 Å². The molecule has 0 saturated heterocycles. The smallest absolute Gasteiger partial charge is 0.263 e. The van der Waals surface area contributed by atoms with E-state index < -0.39 is 0 Å². The van der Waals surface area contributed by atoms with Crippen LogP contribution in [-0.2, 0) is 0 Å². The molecule has 2 fully saturated rings. The number of aromatic nitrogens is 4. The van der Waals surface area contributed by atoms with Gasteiger partial charge in [0, 0.05) is 6.04 Å². The highest BCUT2D eigenvalue weighted by Gasteiger charge is 2.42. The Morgan fingerprint density at radius 2 is 2.30 bits per heavy atom. The van der Waals surface area contributed by atoms with Gasteiger partial charge in [0.1, 0.15) is 11.2 Å². The molecule has 23 heavy (non-hydrogen) atoms. The summed E-state index contributed by atoms with van der Waals surface area (Å²) in [7, 11) is 0. The van der Waals surface area contributed by atoms with Crippen molar-refractivity contribution >= 4 is 17.2 Å². The number of hydrogen-bond donors (Lipinski definition) is 2. The summed E-state index contributed by atoms with van der Waals surface area (Å²) in [4.78, 5) is 21.8. The van der Waals surface area contributed by atoms with Crippen molar-refractivity contribution in [2.75, 3.05) is 0 Å². The molecule has 2 heterocycles. The average Bonchev–Trinajstić information content (AvgIpc) is 3.30. The number of amides is 1. The molecule has 2 bridgehead atoms. The number of fused-ring (bicyclic) bond motifs is 2. The first-order valence-corrected chi connectivity index (χ1v) is 9.07. The molecule has 6 nitrogen and oxygen atoms in total. The monoisotopic (exact) mass is 331 g/mol. The lowest BCUT2D eigenvalue weighted by molar-refractivity contribution is 0.0918. The predicted molar refractivity (Wildman–Crippen MR) is 88.1 cm³/mol. The van der Waals surface area contributed by atoms with Crippen LogP contribution in [0.1, 0.15) is 48.0 Å². The molecule has 0 aliphatic heterocycles. The van der Waals surface area contributed by atoms with Crippen LogP contribution in [-0.4, -0.2) is 32.1 Å². The van der Waals surface area contributed by atoms with E-state index in [1.165, 1.54) is 43.3 Å². The van der Waals surface area contributed by atoms with Crippen molar-refractivity contribution in [3.63, 3.8) is 0 Å². The van der Waals surface area contributed by atoms with E-state index in [2.05, 4.69) is 32.4 Å². The maximum atomic E-state index is 12.6. The minimum atomic E-state index is -0.0129. The second-order valence-electron chi connectivity index (χ2n) is 6.87. The van der Waals surface area contributed by atoms with E-state index in [4.69, 9.17) is 0 Å². The Bertz CT molecular complexity index is 710. The SMILES string of the molecule is Cc1nc(-c2ncn[nH]2)sc1C(=O)N[C@@H](C)[C@H]1C[C@H]2CC[C@H]1C2. The second-order valence-corrected chi connectivity index (χ2v) is 7.87. The van der Waals surface area contributed by atoms with Gasteiger partial charge in [-0.15, -0.1) is 11.3 Å². The number of aryl methyl sites for hydroxylation is 1. The van der Waals surface area contributed by atoms with Crippen molar-refractivity contribution in [2.24, 2.45) is 17.8 Å². The molecule has 2 N–H and O–H groups in total. The van der Waals surface area contributed by atoms with E-state index in [-0.39, 0.29) is 11.9 Å². The van der Waals surface area contributed by atoms with E-state index >= 15 is 0 Å². The summed E-state index contributed by atoms with van der Waals surface area (Å²) in [5.41, 5.74) is 0.749. The number of thiazole rings is 1. The minimum Gasteiger partial charge on any atom is -0.349 e. The van der Waals surface area contributed by atoms with Crippen LogP contribution in [0.3, 0.4) is 0 Å². The average molecular weight is 331 g/mol. The minimum absolute atomic E-state index is 0.0129. The fourth-order valence-electron chi connectivity index (χ4n) is 4.30. The first kappa shape index (κ1) is 14.8. The lowest BCUT2D eigenvalue weighted by Gasteiger charge is -2.28. The quantitative estimate of drug-likeness (QED) is 0.902. The lowest BCUT2D eigenvalue weighted by Crippen LogP contribution is -2.40. The zero-order chi connectivity index (χ0) is 16.0. The lowest BCUT2D eigenvalue weighted by atomic mass is 9.84. The van der Waals surface area contributed by atoms with Crippen LogP contribution in [0.4, 0.5) is 0 Å². The molecule has 2 aliphatic carbocycles. The van der Waals surface area contributed by atoms with Gasteiger partial charge in [-0.3, -0.25) is 9.89 Å². The van der Waals surface area contributed by atoms with Gasteiger partial charge in [0.05, 0.1) is 5.69 Å². The number of carbonyl (C=O) groups excluding carboxylic acids is 1. The summed E-state index contributed by atoms with van der Waals surface area (Å²) in [6.45, 7) is 4.02. The van der Waals surface area contributed by atoms with E-state index in [9.17, 15) is 4.79 Å². The van der Waals surface area contributed by atoms with Crippen molar-refractivity contribution in [2.45, 2.75) is 45.6 Å². The number of aromatic amines is 1. The first-order valence-electron chi connectivity index (χ1n) is 8.26. The van der Waals surface area contributed by atoms with Gasteiger partial charge >= 0.3 is 0 Å². The molecular formula is C16H21N5OS. The normalized spacial score (nSPS) is 27.3. The van der Waals surface area contributed by atoms with Crippen molar-refractivity contribution in [1.82, 2.24) is 25.5 Å². The first-order chi connectivity index (χ1) is 11.1. The Labute approximate surface area is 139 Å². The molecule has 4 rings (SSSR count). The molecule has 4 atom stereocenters. The third-order valence-corrected chi connectivity index (χ3v) is 6.58. The summed E-state index contributed by atoms with van der Waals surface area (Å²) >= 11 is 1.37. The maximum absolute atomic E-state index is 12.6. The highest BCUT2D eigenvalue weighted by Crippen LogP contribution is 2.49. The molecule has 122 valence electrons. The third kappa shape index (κ3) is 2.67. The van der Waals surface area contributed by atoms with Gasteiger partial charge in [0.2, 0.25) is 0 Å². The maximum Gasteiger partial charge on any atom is 0.263 e. The van der Waals surface area contributed by atoms with E-state index in [0.29, 0.717) is 21.6 Å². The van der Waals surface area contributed by atoms with E-state index in [0.717, 1.165) is 17.5 Å². The van der Waals surface area contributed by atoms with Crippen LogP contribution >= 0.6 is 11.3 Å². The van der Waals surface area contributed by atoms with Crippen LogP contribution in [0.2, 0.25) is 0 Å². The summed E-state index contributed by atoms with van der Waals surface area (Å²) in [5.74, 6) is 2.94. The summed E-state index contributed by atoms with van der Waals surface area (Å²) in [6, 6.07) is 0.230. The molecule has 7 heteroatoms. The molecule has 2 aromatic rings. The Balaban J connectivity index is 1.47. The molecule has 0 spiro atoms. The molecule has 0 unspecified atom stereocenters. The number of nitrogens with one attached hydrogen (secondary N) is 2. The molecular weight excluding hydrogens is 310 g/mol. The Morgan fingerprint density at radius 3 is 2.96 bits per heavy atom. The number of rotatable bonds is 4. The Kier molecular flexibility index (Phi) is 3.67. The topological polar surface area (TPSA) is 83.6 Å². The van der Waals surface area contributed by atoms with Crippen LogP contribution in [0.15, 0.2) is 6.33 Å². The largest absolute Gasteiger partial charge is 0.349 e. The van der Waals surface area contributed by atoms with Gasteiger partial charge in [-0.25, -0.2) is 9.97 Å². The fraction of sp³-hybridized carbons (Fsp3) is 0.625. The highest BCUT2D eigenvalue weighted by atomic mass is 32.1. The zero-order valence-corrected chi connectivity index (χ0v) is 14.2. The van der Waals surface area contributed by atoms with Crippen molar-refractivity contribution in [3.8, 4) is 10.8 Å². The van der Waals surface area contributed by atoms with Crippen molar-refractivity contribution in [3.05, 3.63) is 16.9 Å². The van der Waals surface area contributed by atoms with Crippen LogP contribution in [0, 0.1) is 24.7 Å². The Hall–Kier alpha value is -1.76. The second kappa shape index (κ2) is 5.70. The van der Waals surface area contributed by atoms with Crippen molar-refractivity contribution in [1.29, 1.82) is 0 Å². The molecule has 0 aromatic carbocycles. The van der Waals surface area contributed by atoms with Gasteiger partial charge in [0.25, 0.3) is 5.91 Å². The van der Waals surface area contributed by atoms with Gasteiger partial charge in [-0.2, -0.15) is 5.10 Å². The molecule has 1 amide bonds. The summed E-state index contributed by atoms with van der Waals surface area (Å²) in [6.07, 6.45) is 6.81. The Morgan fingerprint density at radius 1 is 1.43 bits per heavy atom. The van der Waals surface area contributed by atoms with Gasteiger partial charge in [0.15, 0.2) is 10.8 Å². The molecule has 0 radical (unpaired) electrons. The number of H-pyrrole nitrogens is 1. The van der Waals surface area contributed by atoms with Gasteiger partial charge in [-0.05, 0) is 50.9 Å². The van der Waals surface area contributed by atoms with Gasteiger partial charge < -0.3 is 5.32 Å². The standard InChI is InChI=1S/C16H21N5OS/c1-8(12-6-10-3-4-11(12)5-10)19-15(22)13-9(2)20-16(23-13)14-17-7-18-21-14/h7-8,10-12H,3-6H2,1-2H3,(H,19,22)(H,17,18,21)/t8-,10-,11-,12+/m0/s1. The molecule has 2 saturated carbocycles. The van der Waals surface area contributed by atoms with E-state index in [1.807, 2.05) is 6.92 Å². The van der Waals surface area contributed by atoms with Crippen LogP contribution < -0.4 is 5.32 Å². The van der Waals surface area contributed by atoms with Crippen molar-refractivity contribution < 1.29 is 4.79 Å². The predicted octanol–water partition coefficient (Wildman–Crippen LogP) is 2.79. The summed E-state index contributed by atoms with van der Waals surface area (Å²) in [5, 5.41) is 10.5. The molecule has 2 aliphatic rings. The third-order valence-electron chi connectivity index (χ3n) is 5.41. The fourth-order valence-corrected chi connectivity index (χ4v) is 5.22. The number of nitrogens with zero attached hydrogens (tertiary/aromatic N) is 3. The van der Waals surface area contributed by atoms with Gasteiger partial charge in [-0.1, -0.05) is 6.42 Å². The molecule has 2 aromatic heterocycles. The number of hydrogen-bond acceptors (Lipinski definition) is 5. The van der Waals surface area contributed by atoms with Crippen LogP contribution in [0.5, 0.6) is 0 Å². The van der Waals surface area contributed by atoms with E-state index in [1.54, 1.807) is 0 Å². The number of carbonyl (C=O) groups is 1. The summed E-state index contributed by atoms with van der Waals surface area (Å²) < 4.78 is 0. The highest BCUT2D eigenvalue weighted by molar-refractivity contribution is 7.17. The zero-order valence-electron chi connectivity index (χ0n) is 13.4.